The first-order chi connectivity index (χ1) is 27.3. The SMILES string of the molecule is c1ccc(-c2nc3cc(-c4ccc(-n5c6ccccc6c6ccccc65)cc4)c4c5ccccc5nc(-c5ccccc5)c4c3nc2-c2ccccc2)cc1. The summed E-state index contributed by atoms with van der Waals surface area (Å²) in [5, 5.41) is 5.68. The van der Waals surface area contributed by atoms with Crippen molar-refractivity contribution in [3.8, 4) is 50.6 Å². The van der Waals surface area contributed by atoms with Gasteiger partial charge in [0.2, 0.25) is 0 Å². The van der Waals surface area contributed by atoms with Gasteiger partial charge < -0.3 is 4.57 Å². The first kappa shape index (κ1) is 31.1. The molecule has 4 heteroatoms. The van der Waals surface area contributed by atoms with E-state index in [0.29, 0.717) is 0 Å². The second-order valence-electron chi connectivity index (χ2n) is 14.0. The second-order valence-corrected chi connectivity index (χ2v) is 14.0. The Bertz CT molecular complexity index is 3170. The molecule has 256 valence electrons. The highest BCUT2D eigenvalue weighted by molar-refractivity contribution is 6.25. The Kier molecular flexibility index (Phi) is 7.14. The number of aromatic nitrogens is 4. The van der Waals surface area contributed by atoms with Gasteiger partial charge in [-0.05, 0) is 47.5 Å². The van der Waals surface area contributed by atoms with E-state index in [4.69, 9.17) is 15.0 Å². The molecule has 0 saturated carbocycles. The lowest BCUT2D eigenvalue weighted by molar-refractivity contribution is 1.18. The number of rotatable bonds is 5. The van der Waals surface area contributed by atoms with Gasteiger partial charge in [0.1, 0.15) is 0 Å². The van der Waals surface area contributed by atoms with Crippen molar-refractivity contribution in [1.29, 1.82) is 0 Å². The van der Waals surface area contributed by atoms with Gasteiger partial charge >= 0.3 is 0 Å². The Morgan fingerprint density at radius 3 is 1.40 bits per heavy atom. The van der Waals surface area contributed by atoms with E-state index < -0.39 is 0 Å². The Labute approximate surface area is 317 Å². The molecule has 0 bridgehead atoms. The van der Waals surface area contributed by atoms with Crippen LogP contribution in [0.1, 0.15) is 0 Å². The minimum atomic E-state index is 0.821. The monoisotopic (exact) mass is 700 g/mol. The fourth-order valence-electron chi connectivity index (χ4n) is 8.28. The van der Waals surface area contributed by atoms with Gasteiger partial charge in [-0.25, -0.2) is 15.0 Å². The first-order valence-electron chi connectivity index (χ1n) is 18.6. The molecule has 0 N–H and O–H groups in total. The fraction of sp³-hybridized carbons (Fsp3) is 0. The molecule has 0 radical (unpaired) electrons. The smallest absolute Gasteiger partial charge is 0.0995 e. The van der Waals surface area contributed by atoms with Crippen LogP contribution in [0.25, 0.3) is 105 Å². The summed E-state index contributed by atoms with van der Waals surface area (Å²) in [5.41, 5.74) is 13.9. The van der Waals surface area contributed by atoms with E-state index in [1.54, 1.807) is 0 Å². The summed E-state index contributed by atoms with van der Waals surface area (Å²) in [4.78, 5) is 16.5. The molecule has 11 aromatic rings. The Balaban J connectivity index is 1.24. The average molecular weight is 701 g/mol. The van der Waals surface area contributed by atoms with E-state index >= 15 is 0 Å². The Morgan fingerprint density at radius 1 is 0.327 bits per heavy atom. The second kappa shape index (κ2) is 12.6. The first-order valence-corrected chi connectivity index (χ1v) is 18.6. The largest absolute Gasteiger partial charge is 0.309 e. The predicted molar refractivity (Wildman–Crippen MR) is 228 cm³/mol. The summed E-state index contributed by atoms with van der Waals surface area (Å²) >= 11 is 0. The summed E-state index contributed by atoms with van der Waals surface area (Å²) in [6, 6.07) is 68.2. The Morgan fingerprint density at radius 2 is 0.800 bits per heavy atom. The van der Waals surface area contributed by atoms with Gasteiger partial charge in [0.15, 0.2) is 0 Å². The van der Waals surface area contributed by atoms with Crippen LogP contribution in [-0.2, 0) is 0 Å². The molecule has 4 nitrogen and oxygen atoms in total. The van der Waals surface area contributed by atoms with Crippen molar-refractivity contribution < 1.29 is 0 Å². The minimum Gasteiger partial charge on any atom is -0.309 e. The average Bonchev–Trinajstić information content (AvgIpc) is 3.60. The lowest BCUT2D eigenvalue weighted by atomic mass is 9.91. The maximum atomic E-state index is 5.58. The zero-order valence-electron chi connectivity index (χ0n) is 29.8. The fourth-order valence-corrected chi connectivity index (χ4v) is 8.28. The predicted octanol–water partition coefficient (Wildman–Crippen LogP) is 13.1. The molecule has 0 aliphatic rings. The molecular weight excluding hydrogens is 669 g/mol. The third-order valence-electron chi connectivity index (χ3n) is 10.8. The summed E-state index contributed by atoms with van der Waals surface area (Å²) in [7, 11) is 0. The molecule has 0 aliphatic heterocycles. The number of fused-ring (bicyclic) bond motifs is 8. The van der Waals surface area contributed by atoms with Crippen LogP contribution >= 0.6 is 0 Å². The standard InChI is InChI=1S/C51H32N4/c1-4-16-34(17-5-1)48-47-46(40-24-10-13-25-42(40)52-48)41(32-43-51(47)54-50(36-20-8-3-9-21-36)49(53-43)35-18-6-2-7-19-35)33-28-30-37(31-29-33)55-44-26-14-11-22-38(44)39-23-12-15-27-45(39)55/h1-32H. The highest BCUT2D eigenvalue weighted by Crippen LogP contribution is 2.44. The number of para-hydroxylation sites is 3. The van der Waals surface area contributed by atoms with E-state index in [9.17, 15) is 0 Å². The Hall–Kier alpha value is -7.43. The van der Waals surface area contributed by atoms with Crippen molar-refractivity contribution in [3.05, 3.63) is 194 Å². The zero-order chi connectivity index (χ0) is 36.3. The molecule has 0 amide bonds. The van der Waals surface area contributed by atoms with Gasteiger partial charge in [0.05, 0.1) is 44.7 Å². The van der Waals surface area contributed by atoms with E-state index in [2.05, 4.69) is 187 Å². The highest BCUT2D eigenvalue weighted by Gasteiger charge is 2.22. The maximum Gasteiger partial charge on any atom is 0.0995 e. The van der Waals surface area contributed by atoms with Crippen LogP contribution in [0.3, 0.4) is 0 Å². The van der Waals surface area contributed by atoms with E-state index in [1.807, 2.05) is 12.1 Å². The number of pyridine rings is 1. The van der Waals surface area contributed by atoms with Gasteiger partial charge in [-0.1, -0.05) is 158 Å². The van der Waals surface area contributed by atoms with Gasteiger partial charge in [-0.3, -0.25) is 0 Å². The van der Waals surface area contributed by atoms with Crippen molar-refractivity contribution in [2.75, 3.05) is 0 Å². The van der Waals surface area contributed by atoms with Crippen LogP contribution in [0, 0.1) is 0 Å². The van der Waals surface area contributed by atoms with Gasteiger partial charge in [0.25, 0.3) is 0 Å². The van der Waals surface area contributed by atoms with Crippen LogP contribution in [0.15, 0.2) is 194 Å². The summed E-state index contributed by atoms with van der Waals surface area (Å²) < 4.78 is 2.36. The molecule has 0 spiro atoms. The van der Waals surface area contributed by atoms with Crippen LogP contribution < -0.4 is 0 Å². The van der Waals surface area contributed by atoms with Crippen LogP contribution in [-0.4, -0.2) is 19.5 Å². The molecule has 0 fully saturated rings. The molecule has 0 saturated heterocycles. The molecule has 3 aromatic heterocycles. The van der Waals surface area contributed by atoms with Gasteiger partial charge in [0, 0.05) is 49.3 Å². The van der Waals surface area contributed by atoms with E-state index in [-0.39, 0.29) is 0 Å². The van der Waals surface area contributed by atoms with E-state index in [0.717, 1.165) is 83.3 Å². The van der Waals surface area contributed by atoms with Crippen molar-refractivity contribution in [2.45, 2.75) is 0 Å². The third kappa shape index (κ3) is 5.03. The lowest BCUT2D eigenvalue weighted by Crippen LogP contribution is -2.00. The minimum absolute atomic E-state index is 0.821. The number of benzene rings is 8. The topological polar surface area (TPSA) is 43.6 Å². The number of hydrogen-bond donors (Lipinski definition) is 0. The van der Waals surface area contributed by atoms with Crippen molar-refractivity contribution in [1.82, 2.24) is 19.5 Å². The van der Waals surface area contributed by atoms with Gasteiger partial charge in [-0.2, -0.15) is 0 Å². The van der Waals surface area contributed by atoms with Crippen LogP contribution in [0.5, 0.6) is 0 Å². The van der Waals surface area contributed by atoms with Gasteiger partial charge in [-0.15, -0.1) is 0 Å². The summed E-state index contributed by atoms with van der Waals surface area (Å²) in [6.45, 7) is 0. The lowest BCUT2D eigenvalue weighted by Gasteiger charge is -2.18. The van der Waals surface area contributed by atoms with Crippen molar-refractivity contribution >= 4 is 54.5 Å². The molecule has 0 unspecified atom stereocenters. The third-order valence-corrected chi connectivity index (χ3v) is 10.8. The van der Waals surface area contributed by atoms with Crippen LogP contribution in [0.2, 0.25) is 0 Å². The quantitative estimate of drug-likeness (QED) is 0.168. The molecular formula is C51H32N4. The maximum absolute atomic E-state index is 5.58. The number of nitrogens with zero attached hydrogens (tertiary/aromatic N) is 4. The summed E-state index contributed by atoms with van der Waals surface area (Å²) in [6.07, 6.45) is 0. The molecule has 3 heterocycles. The molecule has 55 heavy (non-hydrogen) atoms. The molecule has 8 aromatic carbocycles. The van der Waals surface area contributed by atoms with E-state index in [1.165, 1.54) is 21.8 Å². The zero-order valence-corrected chi connectivity index (χ0v) is 29.8. The molecule has 0 aliphatic carbocycles. The van der Waals surface area contributed by atoms with Crippen molar-refractivity contribution in [2.24, 2.45) is 0 Å². The molecule has 0 atom stereocenters. The number of hydrogen-bond acceptors (Lipinski definition) is 3. The van der Waals surface area contributed by atoms with Crippen molar-refractivity contribution in [3.63, 3.8) is 0 Å². The van der Waals surface area contributed by atoms with Crippen LogP contribution in [0.4, 0.5) is 0 Å². The summed E-state index contributed by atoms with van der Waals surface area (Å²) in [5.74, 6) is 0. The highest BCUT2D eigenvalue weighted by atomic mass is 15.0. The molecule has 11 rings (SSSR count). The normalized spacial score (nSPS) is 11.6.